The Morgan fingerprint density at radius 1 is 1.50 bits per heavy atom. The molecule has 0 aliphatic rings. The number of nitrogens with one attached hydrogen (secondary N) is 1. The van der Waals surface area contributed by atoms with Crippen LogP contribution in [0.4, 0.5) is 10.7 Å². The van der Waals surface area contributed by atoms with E-state index in [0.717, 1.165) is 23.8 Å². The maximum absolute atomic E-state index is 12.3. The monoisotopic (exact) mass is 321 g/mol. The van der Waals surface area contributed by atoms with Gasteiger partial charge in [-0.05, 0) is 20.3 Å². The Kier molecular flexibility index (Phi) is 5.49. The number of hydrogen-bond donors (Lipinski definition) is 1. The van der Waals surface area contributed by atoms with E-state index >= 15 is 0 Å². The van der Waals surface area contributed by atoms with Crippen molar-refractivity contribution < 1.29 is 13.3 Å². The summed E-state index contributed by atoms with van der Waals surface area (Å²) in [7, 11) is -2.23. The summed E-state index contributed by atoms with van der Waals surface area (Å²) in [6.07, 6.45) is 0.795. The average molecular weight is 321 g/mol. The number of thiophene rings is 1. The molecule has 0 aliphatic heterocycles. The molecule has 20 heavy (non-hydrogen) atoms. The SMILES string of the molecule is CCCNc1sc(S(=O)(=O)N(C)C(C)C)cc1[N+](=O)[O-]. The smallest absolute Gasteiger partial charge is 0.304 e. The largest absolute Gasteiger partial charge is 0.371 e. The zero-order valence-electron chi connectivity index (χ0n) is 11.9. The van der Waals surface area contributed by atoms with Crippen molar-refractivity contribution in [2.24, 2.45) is 0 Å². The molecular weight excluding hydrogens is 302 g/mol. The van der Waals surface area contributed by atoms with E-state index < -0.39 is 14.9 Å². The first-order valence-corrected chi connectivity index (χ1v) is 8.47. The summed E-state index contributed by atoms with van der Waals surface area (Å²) in [5, 5.41) is 14.2. The number of nitro groups is 1. The van der Waals surface area contributed by atoms with Crippen molar-refractivity contribution in [3.63, 3.8) is 0 Å². The first kappa shape index (κ1) is 16.9. The molecule has 0 aromatic carbocycles. The number of rotatable bonds is 7. The van der Waals surface area contributed by atoms with Crippen LogP contribution in [0.25, 0.3) is 0 Å². The van der Waals surface area contributed by atoms with Crippen LogP contribution in [0.5, 0.6) is 0 Å². The maximum atomic E-state index is 12.3. The predicted octanol–water partition coefficient (Wildman–Crippen LogP) is 2.51. The molecule has 1 aromatic heterocycles. The van der Waals surface area contributed by atoms with E-state index in [1.807, 2.05) is 6.92 Å². The van der Waals surface area contributed by atoms with Crippen LogP contribution in [0.3, 0.4) is 0 Å². The molecule has 0 fully saturated rings. The van der Waals surface area contributed by atoms with E-state index in [1.165, 1.54) is 11.4 Å². The summed E-state index contributed by atoms with van der Waals surface area (Å²) in [6, 6.07) is 0.907. The zero-order chi connectivity index (χ0) is 15.5. The molecule has 0 atom stereocenters. The van der Waals surface area contributed by atoms with Gasteiger partial charge >= 0.3 is 5.69 Å². The molecule has 7 nitrogen and oxygen atoms in total. The van der Waals surface area contributed by atoms with Gasteiger partial charge in [0.15, 0.2) is 5.00 Å². The molecular formula is C11H19N3O4S2. The van der Waals surface area contributed by atoms with Crippen molar-refractivity contribution in [2.45, 2.75) is 37.4 Å². The Morgan fingerprint density at radius 3 is 2.55 bits per heavy atom. The number of hydrogen-bond acceptors (Lipinski definition) is 6. The van der Waals surface area contributed by atoms with E-state index in [0.29, 0.717) is 6.54 Å². The Labute approximate surface area is 122 Å². The van der Waals surface area contributed by atoms with Crippen molar-refractivity contribution in [1.82, 2.24) is 4.31 Å². The van der Waals surface area contributed by atoms with Crippen LogP contribution in [0.1, 0.15) is 27.2 Å². The van der Waals surface area contributed by atoms with E-state index in [-0.39, 0.29) is 20.9 Å². The minimum Gasteiger partial charge on any atom is -0.371 e. The van der Waals surface area contributed by atoms with Crippen LogP contribution in [0, 0.1) is 10.1 Å². The lowest BCUT2D eigenvalue weighted by Crippen LogP contribution is -2.32. The fourth-order valence-corrected chi connectivity index (χ4v) is 4.31. The van der Waals surface area contributed by atoms with Crippen LogP contribution in [-0.2, 0) is 10.0 Å². The van der Waals surface area contributed by atoms with Gasteiger partial charge in [0.2, 0.25) is 0 Å². The third-order valence-electron chi connectivity index (χ3n) is 2.78. The molecule has 0 unspecified atom stereocenters. The fourth-order valence-electron chi connectivity index (χ4n) is 1.41. The second-order valence-corrected chi connectivity index (χ2v) is 7.86. The number of anilines is 1. The molecule has 0 amide bonds. The highest BCUT2D eigenvalue weighted by Gasteiger charge is 2.30. The average Bonchev–Trinajstić information content (AvgIpc) is 2.80. The number of nitrogens with zero attached hydrogens (tertiary/aromatic N) is 2. The van der Waals surface area contributed by atoms with Gasteiger partial charge < -0.3 is 5.32 Å². The summed E-state index contributed by atoms with van der Waals surface area (Å²) in [6.45, 7) is 5.98. The fraction of sp³-hybridized carbons (Fsp3) is 0.636. The van der Waals surface area contributed by atoms with Crippen molar-refractivity contribution in [1.29, 1.82) is 0 Å². The molecule has 0 saturated heterocycles. The van der Waals surface area contributed by atoms with Crippen molar-refractivity contribution in [3.8, 4) is 0 Å². The summed E-state index contributed by atoms with van der Waals surface area (Å²) in [4.78, 5) is 10.4. The Bertz CT molecular complexity index is 580. The van der Waals surface area contributed by atoms with Gasteiger partial charge in [-0.3, -0.25) is 10.1 Å². The van der Waals surface area contributed by atoms with E-state index in [2.05, 4.69) is 5.32 Å². The van der Waals surface area contributed by atoms with Crippen LogP contribution in [0.2, 0.25) is 0 Å². The Morgan fingerprint density at radius 2 is 2.10 bits per heavy atom. The van der Waals surface area contributed by atoms with Crippen molar-refractivity contribution in [2.75, 3.05) is 18.9 Å². The second kappa shape index (κ2) is 6.51. The maximum Gasteiger partial charge on any atom is 0.304 e. The molecule has 0 saturated carbocycles. The van der Waals surface area contributed by atoms with E-state index in [4.69, 9.17) is 0 Å². The third kappa shape index (κ3) is 3.47. The lowest BCUT2D eigenvalue weighted by Gasteiger charge is -2.19. The zero-order valence-corrected chi connectivity index (χ0v) is 13.5. The lowest BCUT2D eigenvalue weighted by atomic mass is 10.4. The van der Waals surface area contributed by atoms with Crippen LogP contribution < -0.4 is 5.32 Å². The topological polar surface area (TPSA) is 92.6 Å². The molecule has 0 radical (unpaired) electrons. The molecule has 0 spiro atoms. The second-order valence-electron chi connectivity index (χ2n) is 4.58. The van der Waals surface area contributed by atoms with Crippen LogP contribution in [0.15, 0.2) is 10.3 Å². The normalized spacial score (nSPS) is 12.1. The van der Waals surface area contributed by atoms with Gasteiger partial charge in [-0.2, -0.15) is 4.31 Å². The lowest BCUT2D eigenvalue weighted by molar-refractivity contribution is -0.383. The van der Waals surface area contributed by atoms with Crippen LogP contribution in [-0.4, -0.2) is 37.3 Å². The summed E-state index contributed by atoms with van der Waals surface area (Å²) >= 11 is 0.898. The first-order valence-electron chi connectivity index (χ1n) is 6.22. The van der Waals surface area contributed by atoms with Gasteiger partial charge in [0.05, 0.1) is 4.92 Å². The Hall–Kier alpha value is -1.19. The molecule has 0 aliphatic carbocycles. The van der Waals surface area contributed by atoms with Gasteiger partial charge in [-0.1, -0.05) is 18.3 Å². The summed E-state index contributed by atoms with van der Waals surface area (Å²) in [5.41, 5.74) is -0.195. The molecule has 1 N–H and O–H groups in total. The minimum atomic E-state index is -3.69. The molecule has 1 heterocycles. The molecule has 1 aromatic rings. The summed E-state index contributed by atoms with van der Waals surface area (Å²) < 4.78 is 25.8. The highest BCUT2D eigenvalue weighted by Crippen LogP contribution is 2.38. The minimum absolute atomic E-state index is 0.0148. The van der Waals surface area contributed by atoms with Crippen molar-refractivity contribution in [3.05, 3.63) is 16.2 Å². The molecule has 0 bridgehead atoms. The van der Waals surface area contributed by atoms with Gasteiger partial charge in [-0.15, -0.1) is 0 Å². The predicted molar refractivity (Wildman–Crippen MR) is 79.8 cm³/mol. The quantitative estimate of drug-likeness (QED) is 0.615. The summed E-state index contributed by atoms with van der Waals surface area (Å²) in [5.74, 6) is 0. The van der Waals surface area contributed by atoms with E-state index in [1.54, 1.807) is 13.8 Å². The highest BCUT2D eigenvalue weighted by molar-refractivity contribution is 7.91. The van der Waals surface area contributed by atoms with Gasteiger partial charge in [0, 0.05) is 25.7 Å². The standard InChI is InChI=1S/C11H19N3O4S2/c1-5-6-12-11-9(14(15)16)7-10(19-11)20(17,18)13(4)8(2)3/h7-8,12H,5-6H2,1-4H3. The highest BCUT2D eigenvalue weighted by atomic mass is 32.2. The molecule has 1 rings (SSSR count). The van der Waals surface area contributed by atoms with Gasteiger partial charge in [0.25, 0.3) is 10.0 Å². The first-order chi connectivity index (χ1) is 9.21. The van der Waals surface area contributed by atoms with Gasteiger partial charge in [0.1, 0.15) is 4.21 Å². The van der Waals surface area contributed by atoms with Crippen LogP contribution >= 0.6 is 11.3 Å². The molecule has 114 valence electrons. The van der Waals surface area contributed by atoms with Gasteiger partial charge in [-0.25, -0.2) is 8.42 Å². The molecule has 9 heteroatoms. The van der Waals surface area contributed by atoms with Crippen molar-refractivity contribution >= 4 is 32.0 Å². The Balaban J connectivity index is 3.23. The third-order valence-corrected chi connectivity index (χ3v) is 6.35. The number of sulfonamides is 1. The van der Waals surface area contributed by atoms with E-state index in [9.17, 15) is 18.5 Å².